The van der Waals surface area contributed by atoms with Crippen LogP contribution >= 0.6 is 11.6 Å². The summed E-state index contributed by atoms with van der Waals surface area (Å²) in [6.07, 6.45) is 0. The largest absolute Gasteiger partial charge is 0.508 e. The molecule has 1 aromatic carbocycles. The molecule has 3 heteroatoms. The molecule has 0 aliphatic carbocycles. The van der Waals surface area contributed by atoms with Gasteiger partial charge in [-0.25, -0.2) is 4.39 Å². The molecule has 0 radical (unpaired) electrons. The third kappa shape index (κ3) is 2.14. The number of halogens is 2. The smallest absolute Gasteiger partial charge is 0.139 e. The number of phenols is 1. The van der Waals surface area contributed by atoms with Gasteiger partial charge in [-0.3, -0.25) is 0 Å². The minimum absolute atomic E-state index is 0.00438. The fourth-order valence-corrected chi connectivity index (χ4v) is 0.805. The maximum atomic E-state index is 12.8. The molecule has 0 fully saturated rings. The molecule has 0 saturated heterocycles. The first-order chi connectivity index (χ1) is 5.74. The first kappa shape index (κ1) is 8.89. The maximum absolute atomic E-state index is 12.8. The van der Waals surface area contributed by atoms with Gasteiger partial charge in [-0.2, -0.15) is 0 Å². The van der Waals surface area contributed by atoms with E-state index in [0.717, 1.165) is 6.07 Å². The molecule has 0 aliphatic rings. The van der Waals surface area contributed by atoms with Crippen LogP contribution in [0.15, 0.2) is 18.2 Å². The molecule has 0 unspecified atom stereocenters. The number of hydrogen-bond donors (Lipinski definition) is 1. The van der Waals surface area contributed by atoms with Gasteiger partial charge < -0.3 is 5.11 Å². The highest BCUT2D eigenvalue weighted by Gasteiger charge is 1.98. The van der Waals surface area contributed by atoms with Crippen LogP contribution in [0.5, 0.6) is 5.75 Å². The lowest BCUT2D eigenvalue weighted by molar-refractivity contribution is 0.472. The van der Waals surface area contributed by atoms with Crippen molar-refractivity contribution in [3.8, 4) is 17.6 Å². The lowest BCUT2D eigenvalue weighted by atomic mass is 10.2. The Hall–Kier alpha value is -1.20. The molecule has 1 aromatic rings. The number of alkyl halides is 1. The van der Waals surface area contributed by atoms with E-state index in [1.807, 2.05) is 0 Å². The van der Waals surface area contributed by atoms with Crippen LogP contribution in [-0.2, 0) is 0 Å². The predicted molar refractivity (Wildman–Crippen MR) is 45.7 cm³/mol. The first-order valence-electron chi connectivity index (χ1n) is 3.27. The summed E-state index contributed by atoms with van der Waals surface area (Å²) in [4.78, 5) is 0. The van der Waals surface area contributed by atoms with E-state index in [4.69, 9.17) is 16.7 Å². The second-order valence-electron chi connectivity index (χ2n) is 2.10. The highest BCUT2D eigenvalue weighted by molar-refractivity contribution is 6.19. The Morgan fingerprint density at radius 2 is 2.25 bits per heavy atom. The number of aromatic hydroxyl groups is 1. The monoisotopic (exact) mass is 184 g/mol. The second-order valence-corrected chi connectivity index (χ2v) is 2.37. The lowest BCUT2D eigenvalue weighted by Crippen LogP contribution is -1.82. The molecular formula is C9H6ClFO. The van der Waals surface area contributed by atoms with Crippen molar-refractivity contribution < 1.29 is 9.50 Å². The number of phenolic OH excluding ortho intramolecular Hbond substituents is 1. The summed E-state index contributed by atoms with van der Waals surface area (Å²) in [5.41, 5.74) is 0.163. The van der Waals surface area contributed by atoms with Gasteiger partial charge in [0.05, 0.1) is 11.4 Å². The van der Waals surface area contributed by atoms with E-state index < -0.39 is 5.82 Å². The van der Waals surface area contributed by atoms with Gasteiger partial charge in [0.25, 0.3) is 0 Å². The van der Waals surface area contributed by atoms with Gasteiger partial charge in [-0.1, -0.05) is 11.8 Å². The molecule has 1 nitrogen and oxygen atoms in total. The fourth-order valence-electron chi connectivity index (χ4n) is 0.738. The van der Waals surface area contributed by atoms with Crippen molar-refractivity contribution >= 4 is 11.6 Å². The molecule has 0 bridgehead atoms. The Labute approximate surface area is 74.8 Å². The Morgan fingerprint density at radius 1 is 1.50 bits per heavy atom. The van der Waals surface area contributed by atoms with Crippen molar-refractivity contribution in [3.63, 3.8) is 0 Å². The van der Waals surface area contributed by atoms with E-state index in [-0.39, 0.29) is 17.2 Å². The molecule has 0 atom stereocenters. The summed E-state index contributed by atoms with van der Waals surface area (Å²) in [6, 6.07) is 3.68. The van der Waals surface area contributed by atoms with Crippen LogP contribution in [0.4, 0.5) is 4.39 Å². The molecular weight excluding hydrogens is 179 g/mol. The summed E-state index contributed by atoms with van der Waals surface area (Å²) in [6.45, 7) is 0. The molecule has 0 spiro atoms. The van der Waals surface area contributed by atoms with Crippen molar-refractivity contribution in [2.45, 2.75) is 0 Å². The molecule has 12 heavy (non-hydrogen) atoms. The number of rotatable bonds is 0. The summed E-state index contributed by atoms with van der Waals surface area (Å²) in [5, 5.41) is 8.97. The molecule has 0 aliphatic heterocycles. The van der Waals surface area contributed by atoms with E-state index in [9.17, 15) is 4.39 Å². The van der Waals surface area contributed by atoms with Gasteiger partial charge in [-0.15, -0.1) is 11.6 Å². The second kappa shape index (κ2) is 3.99. The summed E-state index contributed by atoms with van der Waals surface area (Å²) in [5.74, 6) is 4.67. The highest BCUT2D eigenvalue weighted by atomic mass is 35.5. The normalized spacial score (nSPS) is 8.83. The average Bonchev–Trinajstić information content (AvgIpc) is 2.07. The Balaban J connectivity index is 3.05. The van der Waals surface area contributed by atoms with Gasteiger partial charge in [0.2, 0.25) is 0 Å². The van der Waals surface area contributed by atoms with E-state index in [0.29, 0.717) is 0 Å². The van der Waals surface area contributed by atoms with Crippen molar-refractivity contribution in [2.24, 2.45) is 0 Å². The summed E-state index contributed by atoms with van der Waals surface area (Å²) in [7, 11) is 0. The summed E-state index contributed by atoms with van der Waals surface area (Å²) < 4.78 is 12.8. The third-order valence-corrected chi connectivity index (χ3v) is 1.37. The molecule has 1 rings (SSSR count). The third-order valence-electron chi connectivity index (χ3n) is 1.24. The summed E-state index contributed by atoms with van der Waals surface area (Å²) >= 11 is 5.28. The van der Waals surface area contributed by atoms with Crippen molar-refractivity contribution in [1.82, 2.24) is 0 Å². The Bertz CT molecular complexity index is 338. The van der Waals surface area contributed by atoms with Crippen LogP contribution < -0.4 is 0 Å². The van der Waals surface area contributed by atoms with Gasteiger partial charge in [0, 0.05) is 0 Å². The van der Waals surface area contributed by atoms with E-state index in [1.54, 1.807) is 0 Å². The van der Waals surface area contributed by atoms with Gasteiger partial charge in [0.15, 0.2) is 0 Å². The predicted octanol–water partition coefficient (Wildman–Crippen LogP) is 2.12. The average molecular weight is 185 g/mol. The van der Waals surface area contributed by atoms with E-state index in [1.165, 1.54) is 12.1 Å². The van der Waals surface area contributed by atoms with Gasteiger partial charge in [0.1, 0.15) is 11.6 Å². The van der Waals surface area contributed by atoms with Crippen LogP contribution in [0, 0.1) is 17.7 Å². The SMILES string of the molecule is Oc1ccc(F)c(C#CCCl)c1. The Kier molecular flexibility index (Phi) is 2.95. The first-order valence-corrected chi connectivity index (χ1v) is 3.81. The zero-order chi connectivity index (χ0) is 8.97. The highest BCUT2D eigenvalue weighted by Crippen LogP contribution is 2.13. The number of hydrogen-bond acceptors (Lipinski definition) is 1. The zero-order valence-electron chi connectivity index (χ0n) is 6.14. The molecule has 0 saturated carbocycles. The lowest BCUT2D eigenvalue weighted by Gasteiger charge is -1.94. The molecule has 0 aromatic heterocycles. The quantitative estimate of drug-likeness (QED) is 0.484. The standard InChI is InChI=1S/C9H6ClFO/c10-5-1-2-7-6-8(12)3-4-9(7)11/h3-4,6,12H,5H2. The molecule has 0 amide bonds. The minimum atomic E-state index is -0.453. The molecule has 1 N–H and O–H groups in total. The van der Waals surface area contributed by atoms with Crippen LogP contribution in [0.2, 0.25) is 0 Å². The van der Waals surface area contributed by atoms with E-state index >= 15 is 0 Å². The van der Waals surface area contributed by atoms with Crippen LogP contribution in [0.25, 0.3) is 0 Å². The van der Waals surface area contributed by atoms with Crippen LogP contribution in [0.1, 0.15) is 5.56 Å². The maximum Gasteiger partial charge on any atom is 0.139 e. The number of benzene rings is 1. The van der Waals surface area contributed by atoms with Crippen molar-refractivity contribution in [2.75, 3.05) is 5.88 Å². The van der Waals surface area contributed by atoms with Gasteiger partial charge >= 0.3 is 0 Å². The van der Waals surface area contributed by atoms with Crippen molar-refractivity contribution in [3.05, 3.63) is 29.6 Å². The topological polar surface area (TPSA) is 20.2 Å². The minimum Gasteiger partial charge on any atom is -0.508 e. The van der Waals surface area contributed by atoms with E-state index in [2.05, 4.69) is 11.8 Å². The molecule has 0 heterocycles. The van der Waals surface area contributed by atoms with Crippen LogP contribution in [0.3, 0.4) is 0 Å². The Morgan fingerprint density at radius 3 is 2.92 bits per heavy atom. The van der Waals surface area contributed by atoms with Crippen LogP contribution in [-0.4, -0.2) is 11.0 Å². The van der Waals surface area contributed by atoms with Gasteiger partial charge in [-0.05, 0) is 18.2 Å². The zero-order valence-corrected chi connectivity index (χ0v) is 6.90. The fraction of sp³-hybridized carbons (Fsp3) is 0.111. The van der Waals surface area contributed by atoms with Crippen molar-refractivity contribution in [1.29, 1.82) is 0 Å². The molecule has 62 valence electrons.